The predicted octanol–water partition coefficient (Wildman–Crippen LogP) is 0.878. The molecule has 1 fully saturated rings. The van der Waals surface area contributed by atoms with E-state index in [2.05, 4.69) is 5.32 Å². The van der Waals surface area contributed by atoms with Gasteiger partial charge in [0.2, 0.25) is 0 Å². The van der Waals surface area contributed by atoms with Crippen molar-refractivity contribution in [1.82, 2.24) is 0 Å². The third-order valence-electron chi connectivity index (χ3n) is 2.60. The van der Waals surface area contributed by atoms with Gasteiger partial charge >= 0.3 is 5.97 Å². The molecule has 0 spiro atoms. The first-order valence-electron chi connectivity index (χ1n) is 5.61. The molecule has 0 saturated carbocycles. The van der Waals surface area contributed by atoms with Gasteiger partial charge in [0, 0.05) is 0 Å². The standard InChI is InChI=1S/C12H12FNO5/c13-8-3-1-2-7(12(16)17)10(8)14-11(15)9-6-18-4-5-19-9/h1-3,9H,4-6H2,(H,14,15)(H,16,17). The number of hydrogen-bond acceptors (Lipinski definition) is 4. The second-order valence-corrected chi connectivity index (χ2v) is 3.89. The Balaban J connectivity index is 2.18. The Morgan fingerprint density at radius 3 is 2.79 bits per heavy atom. The molecular weight excluding hydrogens is 257 g/mol. The maximum atomic E-state index is 13.6. The van der Waals surface area contributed by atoms with E-state index in [4.69, 9.17) is 14.6 Å². The Hall–Kier alpha value is -1.99. The Labute approximate surface area is 108 Å². The number of benzene rings is 1. The summed E-state index contributed by atoms with van der Waals surface area (Å²) in [6.07, 6.45) is -0.866. The number of hydrogen-bond donors (Lipinski definition) is 2. The van der Waals surface area contributed by atoms with Crippen LogP contribution in [0.15, 0.2) is 18.2 Å². The number of para-hydroxylation sites is 1. The van der Waals surface area contributed by atoms with Crippen LogP contribution in [-0.2, 0) is 14.3 Å². The van der Waals surface area contributed by atoms with Crippen molar-refractivity contribution in [3.8, 4) is 0 Å². The molecule has 1 amide bonds. The first-order chi connectivity index (χ1) is 9.09. The van der Waals surface area contributed by atoms with E-state index in [9.17, 15) is 14.0 Å². The average molecular weight is 269 g/mol. The van der Waals surface area contributed by atoms with Crippen LogP contribution < -0.4 is 5.32 Å². The van der Waals surface area contributed by atoms with Crippen LogP contribution in [0.4, 0.5) is 10.1 Å². The number of rotatable bonds is 3. The maximum Gasteiger partial charge on any atom is 0.337 e. The third kappa shape index (κ3) is 3.07. The highest BCUT2D eigenvalue weighted by molar-refractivity contribution is 6.02. The van der Waals surface area contributed by atoms with Crippen molar-refractivity contribution in [2.45, 2.75) is 6.10 Å². The fourth-order valence-corrected chi connectivity index (χ4v) is 1.67. The van der Waals surface area contributed by atoms with E-state index in [1.165, 1.54) is 12.1 Å². The first kappa shape index (κ1) is 13.4. The molecule has 0 bridgehead atoms. The number of amides is 1. The fraction of sp³-hybridized carbons (Fsp3) is 0.333. The van der Waals surface area contributed by atoms with Crippen LogP contribution >= 0.6 is 0 Å². The van der Waals surface area contributed by atoms with E-state index < -0.39 is 23.8 Å². The van der Waals surface area contributed by atoms with Gasteiger partial charge in [-0.15, -0.1) is 0 Å². The van der Waals surface area contributed by atoms with Gasteiger partial charge < -0.3 is 19.9 Å². The van der Waals surface area contributed by atoms with Gasteiger partial charge in [-0.2, -0.15) is 0 Å². The molecule has 1 atom stereocenters. The van der Waals surface area contributed by atoms with Gasteiger partial charge in [0.25, 0.3) is 5.91 Å². The van der Waals surface area contributed by atoms with Crippen LogP contribution in [0.2, 0.25) is 0 Å². The van der Waals surface area contributed by atoms with Crippen molar-refractivity contribution in [3.63, 3.8) is 0 Å². The summed E-state index contributed by atoms with van der Waals surface area (Å²) in [7, 11) is 0. The van der Waals surface area contributed by atoms with E-state index in [1.807, 2.05) is 0 Å². The lowest BCUT2D eigenvalue weighted by molar-refractivity contribution is -0.142. The third-order valence-corrected chi connectivity index (χ3v) is 2.60. The topological polar surface area (TPSA) is 84.9 Å². The number of carbonyl (C=O) groups excluding carboxylic acids is 1. The second-order valence-electron chi connectivity index (χ2n) is 3.89. The quantitative estimate of drug-likeness (QED) is 0.850. The molecule has 1 aliphatic rings. The van der Waals surface area contributed by atoms with Crippen molar-refractivity contribution in [1.29, 1.82) is 0 Å². The van der Waals surface area contributed by atoms with Crippen LogP contribution in [-0.4, -0.2) is 42.9 Å². The Kier molecular flexibility index (Phi) is 4.08. The summed E-state index contributed by atoms with van der Waals surface area (Å²) in [5.41, 5.74) is -0.681. The zero-order chi connectivity index (χ0) is 13.8. The Morgan fingerprint density at radius 2 is 2.16 bits per heavy atom. The van der Waals surface area contributed by atoms with Crippen LogP contribution in [0.1, 0.15) is 10.4 Å². The summed E-state index contributed by atoms with van der Waals surface area (Å²) in [5, 5.41) is 11.2. The SMILES string of the molecule is O=C(O)c1cccc(F)c1NC(=O)C1COCCO1. The maximum absolute atomic E-state index is 13.6. The van der Waals surface area contributed by atoms with Gasteiger partial charge in [-0.05, 0) is 12.1 Å². The van der Waals surface area contributed by atoms with Crippen molar-refractivity contribution >= 4 is 17.6 Å². The average Bonchev–Trinajstić information content (AvgIpc) is 2.41. The zero-order valence-electron chi connectivity index (χ0n) is 9.89. The lowest BCUT2D eigenvalue weighted by Gasteiger charge is -2.22. The van der Waals surface area contributed by atoms with Gasteiger partial charge in [-0.3, -0.25) is 4.79 Å². The van der Waals surface area contributed by atoms with Gasteiger partial charge in [0.15, 0.2) is 6.10 Å². The highest BCUT2D eigenvalue weighted by Gasteiger charge is 2.25. The summed E-state index contributed by atoms with van der Waals surface area (Å²) in [6.45, 7) is 0.716. The molecule has 0 aromatic heterocycles. The lowest BCUT2D eigenvalue weighted by Crippen LogP contribution is -2.39. The van der Waals surface area contributed by atoms with Crippen molar-refractivity contribution in [2.24, 2.45) is 0 Å². The summed E-state index contributed by atoms with van der Waals surface area (Å²) in [4.78, 5) is 22.8. The molecule has 0 aliphatic carbocycles. The number of anilines is 1. The summed E-state index contributed by atoms with van der Waals surface area (Å²) in [5.74, 6) is -2.77. The van der Waals surface area contributed by atoms with Crippen LogP contribution in [0.3, 0.4) is 0 Å². The van der Waals surface area contributed by atoms with Gasteiger partial charge in [-0.25, -0.2) is 9.18 Å². The van der Waals surface area contributed by atoms with Gasteiger partial charge in [0.1, 0.15) is 5.82 Å². The smallest absolute Gasteiger partial charge is 0.337 e. The molecule has 1 unspecified atom stereocenters. The monoisotopic (exact) mass is 269 g/mol. The molecule has 102 valence electrons. The minimum absolute atomic E-state index is 0.0582. The molecular formula is C12H12FNO5. The van der Waals surface area contributed by atoms with Crippen molar-refractivity contribution in [2.75, 3.05) is 25.1 Å². The number of carboxylic acid groups (broad SMARTS) is 1. The van der Waals surface area contributed by atoms with Crippen LogP contribution in [0, 0.1) is 5.82 Å². The molecule has 2 rings (SSSR count). The zero-order valence-corrected chi connectivity index (χ0v) is 9.89. The molecule has 6 nitrogen and oxygen atoms in total. The molecule has 2 N–H and O–H groups in total. The first-order valence-corrected chi connectivity index (χ1v) is 5.61. The molecule has 0 radical (unpaired) electrons. The number of nitrogens with one attached hydrogen (secondary N) is 1. The normalized spacial score (nSPS) is 18.9. The Morgan fingerprint density at radius 1 is 1.37 bits per heavy atom. The van der Waals surface area contributed by atoms with Crippen molar-refractivity contribution in [3.05, 3.63) is 29.6 Å². The summed E-state index contributed by atoms with van der Waals surface area (Å²) in [6, 6.07) is 3.54. The van der Waals surface area contributed by atoms with E-state index in [1.54, 1.807) is 0 Å². The Bertz CT molecular complexity index is 499. The minimum Gasteiger partial charge on any atom is -0.478 e. The number of halogens is 1. The van der Waals surface area contributed by atoms with E-state index >= 15 is 0 Å². The number of aromatic carboxylic acids is 1. The molecule has 7 heteroatoms. The predicted molar refractivity (Wildman–Crippen MR) is 62.5 cm³/mol. The number of carbonyl (C=O) groups is 2. The molecule has 1 aromatic rings. The molecule has 19 heavy (non-hydrogen) atoms. The minimum atomic E-state index is -1.32. The van der Waals surface area contributed by atoms with E-state index in [0.29, 0.717) is 6.61 Å². The molecule has 1 aromatic carbocycles. The largest absolute Gasteiger partial charge is 0.478 e. The van der Waals surface area contributed by atoms with Crippen LogP contribution in [0.5, 0.6) is 0 Å². The summed E-state index contributed by atoms with van der Waals surface area (Å²) >= 11 is 0. The number of ether oxygens (including phenoxy) is 2. The molecule has 1 saturated heterocycles. The lowest BCUT2D eigenvalue weighted by atomic mass is 10.1. The van der Waals surface area contributed by atoms with E-state index in [0.717, 1.165) is 6.07 Å². The highest BCUT2D eigenvalue weighted by atomic mass is 19.1. The van der Waals surface area contributed by atoms with E-state index in [-0.39, 0.29) is 24.5 Å². The van der Waals surface area contributed by atoms with Crippen LogP contribution in [0.25, 0.3) is 0 Å². The van der Waals surface area contributed by atoms with Gasteiger partial charge in [-0.1, -0.05) is 6.07 Å². The molecule has 1 heterocycles. The highest BCUT2D eigenvalue weighted by Crippen LogP contribution is 2.20. The molecule has 1 aliphatic heterocycles. The summed E-state index contributed by atoms with van der Waals surface area (Å²) < 4.78 is 23.8. The van der Waals surface area contributed by atoms with Gasteiger partial charge in [0.05, 0.1) is 31.1 Å². The van der Waals surface area contributed by atoms with Crippen molar-refractivity contribution < 1.29 is 28.6 Å². The number of carboxylic acids is 1. The second kappa shape index (κ2) is 5.77. The fourth-order valence-electron chi connectivity index (χ4n) is 1.67.